The predicted octanol–water partition coefficient (Wildman–Crippen LogP) is 0.334. The Morgan fingerprint density at radius 1 is 1.32 bits per heavy atom. The molecule has 5 nitrogen and oxygen atoms in total. The molecule has 4 heterocycles. The van der Waals surface area contributed by atoms with Gasteiger partial charge in [0.15, 0.2) is 0 Å². The third kappa shape index (κ3) is 2.68. The molecule has 4 rings (SSSR count). The molecule has 0 radical (unpaired) electrons. The van der Waals surface area contributed by atoms with Crippen LogP contribution in [0.25, 0.3) is 0 Å². The third-order valence-electron chi connectivity index (χ3n) is 4.45. The van der Waals surface area contributed by atoms with Gasteiger partial charge in [0.25, 0.3) is 0 Å². The number of rotatable bonds is 4. The fourth-order valence-corrected chi connectivity index (χ4v) is 3.22. The molecule has 3 aliphatic rings. The highest BCUT2D eigenvalue weighted by atomic mass is 15.4. The van der Waals surface area contributed by atoms with Crippen molar-refractivity contribution in [3.8, 4) is 0 Å². The molecule has 0 saturated carbocycles. The van der Waals surface area contributed by atoms with Crippen LogP contribution < -0.4 is 5.73 Å². The van der Waals surface area contributed by atoms with Crippen LogP contribution in [0.5, 0.6) is 0 Å². The van der Waals surface area contributed by atoms with Gasteiger partial charge in [-0.3, -0.25) is 14.5 Å². The quantitative estimate of drug-likeness (QED) is 0.851. The average molecular weight is 263 g/mol. The monoisotopic (exact) mass is 263 g/mol. The first-order valence-electron chi connectivity index (χ1n) is 7.39. The van der Waals surface area contributed by atoms with Crippen LogP contribution in [-0.2, 0) is 6.42 Å². The fourth-order valence-electron chi connectivity index (χ4n) is 3.22. The van der Waals surface area contributed by atoms with Crippen molar-refractivity contribution in [1.82, 2.24) is 19.6 Å². The SMILES string of the molecule is CC(C)n1ccc(CC(N)C2CN3CCN2CC3)n1. The Bertz CT molecular complexity index is 419. The summed E-state index contributed by atoms with van der Waals surface area (Å²) in [6.07, 6.45) is 2.94. The van der Waals surface area contributed by atoms with Crippen LogP contribution in [-0.4, -0.2) is 64.4 Å². The number of nitrogens with zero attached hydrogens (tertiary/aromatic N) is 4. The Kier molecular flexibility index (Phi) is 3.60. The molecular weight excluding hydrogens is 238 g/mol. The van der Waals surface area contributed by atoms with Crippen molar-refractivity contribution >= 4 is 0 Å². The van der Waals surface area contributed by atoms with Crippen LogP contribution in [0.2, 0.25) is 0 Å². The molecule has 0 spiro atoms. The molecule has 5 heteroatoms. The first kappa shape index (κ1) is 13.1. The Hall–Kier alpha value is -0.910. The second-order valence-electron chi connectivity index (χ2n) is 6.15. The van der Waals surface area contributed by atoms with Gasteiger partial charge in [0.05, 0.1) is 5.69 Å². The van der Waals surface area contributed by atoms with Gasteiger partial charge in [0.1, 0.15) is 0 Å². The largest absolute Gasteiger partial charge is 0.326 e. The zero-order valence-electron chi connectivity index (χ0n) is 12.0. The van der Waals surface area contributed by atoms with Gasteiger partial charge < -0.3 is 5.73 Å². The molecular formula is C14H25N5. The van der Waals surface area contributed by atoms with E-state index in [1.54, 1.807) is 0 Å². The molecule has 2 N–H and O–H groups in total. The lowest BCUT2D eigenvalue weighted by atomic mass is 9.97. The van der Waals surface area contributed by atoms with Gasteiger partial charge in [-0.15, -0.1) is 0 Å². The van der Waals surface area contributed by atoms with E-state index in [1.165, 1.54) is 26.2 Å². The lowest BCUT2D eigenvalue weighted by Crippen LogP contribution is -2.66. The number of piperazine rings is 3. The lowest BCUT2D eigenvalue weighted by Gasteiger charge is -2.49. The summed E-state index contributed by atoms with van der Waals surface area (Å²) in [7, 11) is 0. The lowest BCUT2D eigenvalue weighted by molar-refractivity contribution is 0.00245. The Morgan fingerprint density at radius 2 is 2.05 bits per heavy atom. The topological polar surface area (TPSA) is 50.3 Å². The summed E-state index contributed by atoms with van der Waals surface area (Å²) < 4.78 is 2.01. The normalized spacial score (nSPS) is 31.9. The minimum atomic E-state index is 0.193. The van der Waals surface area contributed by atoms with E-state index < -0.39 is 0 Å². The summed E-state index contributed by atoms with van der Waals surface area (Å²) in [4.78, 5) is 5.10. The molecule has 1 aromatic heterocycles. The van der Waals surface area contributed by atoms with E-state index in [9.17, 15) is 0 Å². The van der Waals surface area contributed by atoms with Gasteiger partial charge in [-0.25, -0.2) is 0 Å². The zero-order chi connectivity index (χ0) is 13.4. The first-order valence-corrected chi connectivity index (χ1v) is 7.39. The van der Waals surface area contributed by atoms with Crippen LogP contribution in [0.1, 0.15) is 25.6 Å². The summed E-state index contributed by atoms with van der Waals surface area (Å²) in [5.41, 5.74) is 7.56. The Labute approximate surface area is 115 Å². The standard InChI is InChI=1S/C14H25N5/c1-11(2)19-4-3-12(16-19)9-13(15)14-10-17-5-7-18(14)8-6-17/h3-4,11,13-14H,5-10,15H2,1-2H3. The molecule has 1 aromatic rings. The van der Waals surface area contributed by atoms with Gasteiger partial charge in [-0.05, 0) is 19.9 Å². The van der Waals surface area contributed by atoms with Crippen molar-refractivity contribution < 1.29 is 0 Å². The van der Waals surface area contributed by atoms with Crippen molar-refractivity contribution in [2.75, 3.05) is 32.7 Å². The summed E-state index contributed by atoms with van der Waals surface area (Å²) >= 11 is 0. The molecule has 0 aliphatic carbocycles. The maximum atomic E-state index is 6.43. The Morgan fingerprint density at radius 3 is 2.58 bits per heavy atom. The second-order valence-corrected chi connectivity index (χ2v) is 6.15. The van der Waals surface area contributed by atoms with Crippen molar-refractivity contribution in [2.24, 2.45) is 5.73 Å². The first-order chi connectivity index (χ1) is 9.13. The van der Waals surface area contributed by atoms with Crippen LogP contribution >= 0.6 is 0 Å². The van der Waals surface area contributed by atoms with E-state index in [4.69, 9.17) is 5.73 Å². The molecule has 19 heavy (non-hydrogen) atoms. The van der Waals surface area contributed by atoms with Crippen molar-refractivity contribution in [2.45, 2.75) is 38.4 Å². The molecule has 2 bridgehead atoms. The molecule has 0 amide bonds. The fraction of sp³-hybridized carbons (Fsp3) is 0.786. The number of fused-ring (bicyclic) bond motifs is 3. The molecule has 3 aliphatic heterocycles. The van der Waals surface area contributed by atoms with E-state index in [-0.39, 0.29) is 6.04 Å². The highest BCUT2D eigenvalue weighted by Crippen LogP contribution is 2.19. The van der Waals surface area contributed by atoms with Crippen molar-refractivity contribution in [3.63, 3.8) is 0 Å². The van der Waals surface area contributed by atoms with Crippen LogP contribution in [0.3, 0.4) is 0 Å². The van der Waals surface area contributed by atoms with Crippen molar-refractivity contribution in [3.05, 3.63) is 18.0 Å². The predicted molar refractivity (Wildman–Crippen MR) is 76.1 cm³/mol. The van der Waals surface area contributed by atoms with E-state index in [1.807, 2.05) is 4.68 Å². The van der Waals surface area contributed by atoms with Crippen molar-refractivity contribution in [1.29, 1.82) is 0 Å². The summed E-state index contributed by atoms with van der Waals surface area (Å²) in [6.45, 7) is 10.2. The summed E-state index contributed by atoms with van der Waals surface area (Å²) in [5.74, 6) is 0. The second kappa shape index (κ2) is 5.23. The van der Waals surface area contributed by atoms with E-state index >= 15 is 0 Å². The van der Waals surface area contributed by atoms with Crippen LogP contribution in [0.15, 0.2) is 12.3 Å². The van der Waals surface area contributed by atoms with Crippen LogP contribution in [0.4, 0.5) is 0 Å². The van der Waals surface area contributed by atoms with Gasteiger partial charge >= 0.3 is 0 Å². The minimum absolute atomic E-state index is 0.193. The average Bonchev–Trinajstić information content (AvgIpc) is 2.88. The number of hydrogen-bond acceptors (Lipinski definition) is 4. The van der Waals surface area contributed by atoms with E-state index in [0.29, 0.717) is 12.1 Å². The number of nitrogens with two attached hydrogens (primary N) is 1. The van der Waals surface area contributed by atoms with E-state index in [2.05, 4.69) is 41.0 Å². The van der Waals surface area contributed by atoms with Gasteiger partial charge in [0, 0.05) is 63.5 Å². The molecule has 3 fully saturated rings. The molecule has 0 aromatic carbocycles. The van der Waals surface area contributed by atoms with Gasteiger partial charge in [-0.2, -0.15) is 5.10 Å². The highest BCUT2D eigenvalue weighted by molar-refractivity contribution is 5.05. The summed E-state index contributed by atoms with van der Waals surface area (Å²) in [6, 6.07) is 3.23. The van der Waals surface area contributed by atoms with Crippen LogP contribution in [0, 0.1) is 0 Å². The maximum Gasteiger partial charge on any atom is 0.0640 e. The minimum Gasteiger partial charge on any atom is -0.326 e. The van der Waals surface area contributed by atoms with Gasteiger partial charge in [-0.1, -0.05) is 0 Å². The summed E-state index contributed by atoms with van der Waals surface area (Å²) in [5, 5.41) is 4.61. The van der Waals surface area contributed by atoms with E-state index in [0.717, 1.165) is 18.7 Å². The molecule has 2 atom stereocenters. The molecule has 3 saturated heterocycles. The Balaban J connectivity index is 1.62. The molecule has 106 valence electrons. The maximum absolute atomic E-state index is 6.43. The third-order valence-corrected chi connectivity index (χ3v) is 4.45. The molecule has 2 unspecified atom stereocenters. The number of hydrogen-bond donors (Lipinski definition) is 1. The smallest absolute Gasteiger partial charge is 0.0640 e. The highest BCUT2D eigenvalue weighted by Gasteiger charge is 2.35. The number of aromatic nitrogens is 2. The zero-order valence-corrected chi connectivity index (χ0v) is 12.0. The van der Waals surface area contributed by atoms with Gasteiger partial charge in [0.2, 0.25) is 0 Å².